The van der Waals surface area contributed by atoms with Crippen LogP contribution in [-0.2, 0) is 25.7 Å². The summed E-state index contributed by atoms with van der Waals surface area (Å²) in [5.41, 5.74) is 20.4. The second-order valence-corrected chi connectivity index (χ2v) is 22.6. The number of ether oxygens (including phenoxy) is 4. The van der Waals surface area contributed by atoms with Gasteiger partial charge in [0.25, 0.3) is 0 Å². The van der Waals surface area contributed by atoms with E-state index in [1.54, 1.807) is 40.6 Å². The maximum absolute atomic E-state index is 10.5. The van der Waals surface area contributed by atoms with Gasteiger partial charge in [0, 0.05) is 107 Å². The Balaban J connectivity index is 0.000000127. The molecule has 1 aliphatic carbocycles. The average molecular weight is 1190 g/mol. The van der Waals surface area contributed by atoms with Crippen LogP contribution in [0.2, 0.25) is 0 Å². The molecule has 0 saturated carbocycles. The molecule has 0 bridgehead atoms. The van der Waals surface area contributed by atoms with Crippen LogP contribution in [0.3, 0.4) is 0 Å². The molecule has 15 heteroatoms. The number of H-pyrrole nitrogens is 3. The molecular formula is C74H79N7O8. The van der Waals surface area contributed by atoms with Crippen LogP contribution in [0.15, 0.2) is 184 Å². The molecule has 0 saturated heterocycles. The molecular weight excluding hydrogens is 1110 g/mol. The highest BCUT2D eigenvalue weighted by molar-refractivity contribution is 6.08. The molecule has 0 radical (unpaired) electrons. The summed E-state index contributed by atoms with van der Waals surface area (Å²) in [5.74, 6) is 4.90. The van der Waals surface area contributed by atoms with E-state index in [0.29, 0.717) is 24.7 Å². The summed E-state index contributed by atoms with van der Waals surface area (Å²) >= 11 is 0. The van der Waals surface area contributed by atoms with Crippen molar-refractivity contribution >= 4 is 61.8 Å². The highest BCUT2D eigenvalue weighted by Crippen LogP contribution is 2.44. The summed E-state index contributed by atoms with van der Waals surface area (Å²) in [7, 11) is 6.77. The molecule has 4 aliphatic heterocycles. The van der Waals surface area contributed by atoms with Gasteiger partial charge in [-0.25, -0.2) is 0 Å². The van der Waals surface area contributed by atoms with Crippen molar-refractivity contribution in [3.63, 3.8) is 0 Å². The molecule has 4 atom stereocenters. The van der Waals surface area contributed by atoms with Gasteiger partial charge in [0.05, 0.1) is 74.9 Å². The summed E-state index contributed by atoms with van der Waals surface area (Å²) in [5, 5.41) is 24.8. The Kier molecular flexibility index (Phi) is 20.5. The van der Waals surface area contributed by atoms with Gasteiger partial charge in [-0.2, -0.15) is 0 Å². The molecule has 0 spiro atoms. The summed E-state index contributed by atoms with van der Waals surface area (Å²) in [6.45, 7) is 7.67. The Morgan fingerprint density at radius 2 is 0.910 bits per heavy atom. The van der Waals surface area contributed by atoms with Gasteiger partial charge >= 0.3 is 0 Å². The second kappa shape index (κ2) is 29.1. The molecule has 0 fully saturated rings. The smallest absolute Gasteiger partial charge is 0.150 e. The van der Waals surface area contributed by atoms with Crippen LogP contribution in [0, 0.1) is 5.92 Å². The van der Waals surface area contributed by atoms with Crippen molar-refractivity contribution in [3.05, 3.63) is 225 Å². The number of nitrogens with one attached hydrogen (secondary N) is 3. The SMILES string of the molecule is COc1ccc2c(c1)CC1C(C)=NCCC21.COc1ccc2c3c([nH]c2c1)C(C)=NCC3.COc1ccc2c3c([nH]c2c1)C(CC(O)c1ccccc1)=NCC3.COc1ccc2c3c([nH]c2c1)C(CC(O)c1ccccc1)=NCC3.O.O=Cc1ccccc1. The number of fused-ring (bicyclic) bond motifs is 12. The number of aromatic amines is 3. The van der Waals surface area contributed by atoms with E-state index >= 15 is 0 Å². The zero-order valence-electron chi connectivity index (χ0n) is 51.5. The largest absolute Gasteiger partial charge is 0.497 e. The Morgan fingerprint density at radius 1 is 0.494 bits per heavy atom. The molecule has 0 amide bonds. The van der Waals surface area contributed by atoms with Crippen molar-refractivity contribution in [2.24, 2.45) is 25.9 Å². The number of hydrogen-bond acceptors (Lipinski definition) is 11. The fourth-order valence-electron chi connectivity index (χ4n) is 12.8. The fourth-order valence-corrected chi connectivity index (χ4v) is 12.8. The van der Waals surface area contributed by atoms with Crippen molar-refractivity contribution in [2.75, 3.05) is 54.6 Å². The number of hydrogen-bond donors (Lipinski definition) is 5. The molecule has 89 heavy (non-hydrogen) atoms. The number of benzene rings is 7. The molecule has 15 rings (SSSR count). The van der Waals surface area contributed by atoms with Crippen molar-refractivity contribution < 1.29 is 39.4 Å². The minimum Gasteiger partial charge on any atom is -0.497 e. The molecule has 7 aromatic carbocycles. The van der Waals surface area contributed by atoms with Gasteiger partial charge in [-0.1, -0.05) is 97.1 Å². The van der Waals surface area contributed by atoms with Gasteiger partial charge < -0.3 is 49.6 Å². The van der Waals surface area contributed by atoms with Gasteiger partial charge in [-0.05, 0) is 139 Å². The number of aliphatic hydroxyl groups excluding tert-OH is 2. The molecule has 7 heterocycles. The molecule has 10 aromatic rings. The summed E-state index contributed by atoms with van der Waals surface area (Å²) in [6.07, 6.45) is 6.00. The predicted molar refractivity (Wildman–Crippen MR) is 359 cm³/mol. The van der Waals surface area contributed by atoms with Gasteiger partial charge in [0.15, 0.2) is 0 Å². The van der Waals surface area contributed by atoms with Crippen LogP contribution >= 0.6 is 0 Å². The van der Waals surface area contributed by atoms with Crippen molar-refractivity contribution in [1.29, 1.82) is 0 Å². The van der Waals surface area contributed by atoms with Crippen molar-refractivity contribution in [3.8, 4) is 23.0 Å². The lowest BCUT2D eigenvalue weighted by molar-refractivity contribution is 0.112. The number of carbonyl (C=O) groups is 1. The summed E-state index contributed by atoms with van der Waals surface area (Å²) in [4.78, 5) is 38.8. The maximum Gasteiger partial charge on any atom is 0.150 e. The lowest BCUT2D eigenvalue weighted by atomic mass is 9.84. The van der Waals surface area contributed by atoms with Gasteiger partial charge in [0.1, 0.15) is 29.3 Å². The molecule has 458 valence electrons. The minimum atomic E-state index is -0.545. The summed E-state index contributed by atoms with van der Waals surface area (Å²) in [6, 6.07) is 53.5. The Labute approximate surface area is 519 Å². The number of aliphatic hydroxyl groups is 2. The number of aliphatic imine (C=N–C) groups is 4. The molecule has 5 aliphatic rings. The van der Waals surface area contributed by atoms with E-state index in [-0.39, 0.29) is 5.48 Å². The number of carbonyl (C=O) groups excluding carboxylic acids is 1. The first-order chi connectivity index (χ1) is 43.0. The first kappa shape index (κ1) is 62.6. The van der Waals surface area contributed by atoms with Crippen LogP contribution in [-0.4, -0.2) is 114 Å². The third-order valence-corrected chi connectivity index (χ3v) is 17.4. The van der Waals surface area contributed by atoms with E-state index in [2.05, 4.69) is 85.2 Å². The molecule has 3 aromatic heterocycles. The average Bonchev–Trinajstić information content (AvgIpc) is 3.18. The normalized spacial score (nSPS) is 16.4. The fraction of sp³-hybridized carbons (Fsp3) is 0.284. The highest BCUT2D eigenvalue weighted by atomic mass is 16.5. The maximum atomic E-state index is 10.5. The summed E-state index contributed by atoms with van der Waals surface area (Å²) < 4.78 is 21.1. The first-order valence-electron chi connectivity index (χ1n) is 30.3. The minimum absolute atomic E-state index is 0. The van der Waals surface area contributed by atoms with Gasteiger partial charge in [-0.15, -0.1) is 0 Å². The van der Waals surface area contributed by atoms with Gasteiger partial charge in [0.2, 0.25) is 0 Å². The zero-order valence-corrected chi connectivity index (χ0v) is 51.5. The van der Waals surface area contributed by atoms with Crippen LogP contribution in [0.4, 0.5) is 0 Å². The highest BCUT2D eigenvalue weighted by Gasteiger charge is 2.36. The van der Waals surface area contributed by atoms with E-state index in [9.17, 15) is 15.0 Å². The number of rotatable bonds is 11. The lowest BCUT2D eigenvalue weighted by Crippen LogP contribution is -2.22. The van der Waals surface area contributed by atoms with Crippen molar-refractivity contribution in [2.45, 2.75) is 76.9 Å². The first-order valence-corrected chi connectivity index (χ1v) is 30.3. The van der Waals surface area contributed by atoms with E-state index < -0.39 is 12.2 Å². The van der Waals surface area contributed by atoms with Gasteiger partial charge in [-0.3, -0.25) is 24.8 Å². The Hall–Kier alpha value is -9.41. The van der Waals surface area contributed by atoms with Crippen LogP contribution < -0.4 is 18.9 Å². The number of methoxy groups -OCH3 is 4. The molecule has 15 nitrogen and oxygen atoms in total. The topological polar surface area (TPSA) is 223 Å². The Bertz CT molecular complexity index is 4030. The monoisotopic (exact) mass is 1190 g/mol. The van der Waals surface area contributed by atoms with E-state index in [1.165, 1.54) is 61.8 Å². The van der Waals surface area contributed by atoms with E-state index in [1.807, 2.05) is 115 Å². The standard InChI is InChI=1S/2C20H20N2O2.C14H17NO.C13H14N2O.C7H6O.H2O/c2*1-24-14-7-8-15-16-9-10-21-18(20(16)22-17(15)11-14)12-19(23)13-5-3-2-4-6-13;1-9-14-8-10-7-11(16-2)3-4-12(10)13(14)5-6-15-9;1-8-13-11(5-6-14-8)10-4-3-9(16-2)7-12(10)15-13;8-6-7-4-2-1-3-5-7;/h2*2-8,11,19,22-23H,9-10,12H2,1H3;3-4,7,13-14H,5-6,8H2,1-2H3;3-4,7,15H,5-6H2,1-2H3;1-6H;1H2. The number of aldehydes is 1. The third kappa shape index (κ3) is 14.1. The van der Waals surface area contributed by atoms with E-state index in [4.69, 9.17) is 18.9 Å². The number of aromatic nitrogens is 3. The third-order valence-electron chi connectivity index (χ3n) is 17.4. The quantitative estimate of drug-likeness (QED) is 0.0787. The zero-order chi connectivity index (χ0) is 61.1. The predicted octanol–water partition coefficient (Wildman–Crippen LogP) is 13.3. The van der Waals surface area contributed by atoms with Crippen molar-refractivity contribution in [1.82, 2.24) is 15.0 Å². The Morgan fingerprint density at radius 3 is 1.36 bits per heavy atom. The second-order valence-electron chi connectivity index (χ2n) is 22.6. The van der Waals surface area contributed by atoms with Crippen LogP contribution in [0.5, 0.6) is 23.0 Å². The lowest BCUT2D eigenvalue weighted by Gasteiger charge is -2.24. The van der Waals surface area contributed by atoms with E-state index in [0.717, 1.165) is 143 Å². The molecule has 7 N–H and O–H groups in total. The van der Waals surface area contributed by atoms with Crippen LogP contribution in [0.1, 0.15) is 118 Å². The number of nitrogens with zero attached hydrogens (tertiary/aromatic N) is 4. The molecule has 4 unspecified atom stereocenters. The van der Waals surface area contributed by atoms with Crippen LogP contribution in [0.25, 0.3) is 32.7 Å².